The second kappa shape index (κ2) is 7.59. The zero-order valence-corrected chi connectivity index (χ0v) is 17.0. The Morgan fingerprint density at radius 1 is 1.28 bits per heavy atom. The van der Waals surface area contributed by atoms with E-state index in [1.807, 2.05) is 30.5 Å². The van der Waals surface area contributed by atoms with Crippen molar-refractivity contribution in [2.45, 2.75) is 12.5 Å². The minimum absolute atomic E-state index is 0.0958. The number of hydrogen-bond acceptors (Lipinski definition) is 5. The van der Waals surface area contributed by atoms with E-state index in [1.54, 1.807) is 10.7 Å². The third kappa shape index (κ3) is 3.42. The number of carbonyl (C=O) groups excluding carboxylic acids is 1. The van der Waals surface area contributed by atoms with Crippen LogP contribution in [0.3, 0.4) is 0 Å². The predicted molar refractivity (Wildman–Crippen MR) is 115 cm³/mol. The Morgan fingerprint density at radius 2 is 2.14 bits per heavy atom. The Hall–Kier alpha value is -2.74. The maximum Gasteiger partial charge on any atom is 0.280 e. The largest absolute Gasteiger partial charge is 0.348 e. The lowest BCUT2D eigenvalue weighted by Gasteiger charge is -2.27. The van der Waals surface area contributed by atoms with Crippen LogP contribution < -0.4 is 10.6 Å². The van der Waals surface area contributed by atoms with Crippen LogP contribution >= 0.6 is 22.9 Å². The van der Waals surface area contributed by atoms with Crippen LogP contribution in [0.25, 0.3) is 16.8 Å². The molecule has 4 heterocycles. The molecule has 0 radical (unpaired) electrons. The van der Waals surface area contributed by atoms with E-state index in [0.717, 1.165) is 24.0 Å². The number of pyridine rings is 1. The summed E-state index contributed by atoms with van der Waals surface area (Å²) in [7, 11) is 0. The fraction of sp³-hybridized carbons (Fsp3) is 0.190. The van der Waals surface area contributed by atoms with E-state index in [2.05, 4.69) is 38.9 Å². The van der Waals surface area contributed by atoms with Crippen LogP contribution in [0.5, 0.6) is 0 Å². The molecule has 0 fully saturated rings. The highest BCUT2D eigenvalue weighted by molar-refractivity contribution is 7.18. The predicted octanol–water partition coefficient (Wildman–Crippen LogP) is 3.73. The summed E-state index contributed by atoms with van der Waals surface area (Å²) in [4.78, 5) is 17.2. The maximum atomic E-state index is 12.7. The quantitative estimate of drug-likeness (QED) is 0.524. The highest BCUT2D eigenvalue weighted by atomic mass is 35.5. The van der Waals surface area contributed by atoms with Gasteiger partial charge in [-0.25, -0.2) is 9.50 Å². The number of fused-ring (bicyclic) bond motifs is 2. The maximum absolute atomic E-state index is 12.7. The van der Waals surface area contributed by atoms with Gasteiger partial charge in [-0.2, -0.15) is 5.10 Å². The summed E-state index contributed by atoms with van der Waals surface area (Å²) in [5.74, 6) is -0.218. The summed E-state index contributed by atoms with van der Waals surface area (Å²) < 4.78 is 2.24. The molecule has 3 aromatic heterocycles. The van der Waals surface area contributed by atoms with Gasteiger partial charge in [-0.05, 0) is 36.2 Å². The lowest BCUT2D eigenvalue weighted by molar-refractivity contribution is 0.0949. The number of nitrogens with zero attached hydrogens (tertiary/aromatic N) is 3. The number of aromatic nitrogens is 3. The van der Waals surface area contributed by atoms with E-state index in [-0.39, 0.29) is 11.9 Å². The minimum atomic E-state index is -0.218. The SMILES string of the molecule is O=C(NCC1NCCc2ccccc21)c1nc(-c2cnn3ccccc23)c(Cl)s1. The molecular formula is C21H18ClN5OS. The number of hydrogen-bond donors (Lipinski definition) is 2. The van der Waals surface area contributed by atoms with Crippen molar-refractivity contribution >= 4 is 34.4 Å². The van der Waals surface area contributed by atoms with Gasteiger partial charge in [0.2, 0.25) is 0 Å². The number of nitrogens with one attached hydrogen (secondary N) is 2. The van der Waals surface area contributed by atoms with Crippen molar-refractivity contribution in [1.82, 2.24) is 25.2 Å². The molecule has 0 saturated carbocycles. The molecule has 0 spiro atoms. The summed E-state index contributed by atoms with van der Waals surface area (Å²) in [6.45, 7) is 1.40. The normalized spacial score (nSPS) is 16.0. The summed E-state index contributed by atoms with van der Waals surface area (Å²) in [6.07, 6.45) is 4.59. The molecule has 1 amide bonds. The van der Waals surface area contributed by atoms with Crippen LogP contribution in [0.1, 0.15) is 27.0 Å². The van der Waals surface area contributed by atoms with E-state index in [4.69, 9.17) is 11.6 Å². The first-order valence-corrected chi connectivity index (χ1v) is 10.6. The van der Waals surface area contributed by atoms with Crippen molar-refractivity contribution in [2.75, 3.05) is 13.1 Å². The summed E-state index contributed by atoms with van der Waals surface area (Å²) in [5.41, 5.74) is 4.87. The Bertz CT molecular complexity index is 1200. The van der Waals surface area contributed by atoms with Gasteiger partial charge in [0.05, 0.1) is 11.7 Å². The van der Waals surface area contributed by atoms with Crippen molar-refractivity contribution in [3.05, 3.63) is 75.3 Å². The molecule has 5 rings (SSSR count). The van der Waals surface area contributed by atoms with Crippen LogP contribution in [0.15, 0.2) is 54.9 Å². The molecule has 0 aliphatic carbocycles. The van der Waals surface area contributed by atoms with Gasteiger partial charge in [-0.1, -0.05) is 53.3 Å². The molecule has 0 bridgehead atoms. The van der Waals surface area contributed by atoms with E-state index >= 15 is 0 Å². The van der Waals surface area contributed by atoms with E-state index < -0.39 is 0 Å². The van der Waals surface area contributed by atoms with Gasteiger partial charge in [0, 0.05) is 24.3 Å². The number of carbonyl (C=O) groups is 1. The van der Waals surface area contributed by atoms with Crippen molar-refractivity contribution in [2.24, 2.45) is 0 Å². The topological polar surface area (TPSA) is 71.3 Å². The van der Waals surface area contributed by atoms with Crippen molar-refractivity contribution in [3.8, 4) is 11.3 Å². The monoisotopic (exact) mass is 423 g/mol. The molecule has 4 aromatic rings. The van der Waals surface area contributed by atoms with Crippen LogP contribution in [-0.4, -0.2) is 33.6 Å². The second-order valence-electron chi connectivity index (χ2n) is 6.90. The summed E-state index contributed by atoms with van der Waals surface area (Å²) in [6, 6.07) is 14.2. The highest BCUT2D eigenvalue weighted by Crippen LogP contribution is 2.34. The van der Waals surface area contributed by atoms with Crippen LogP contribution in [0, 0.1) is 0 Å². The van der Waals surface area contributed by atoms with Crippen LogP contribution in [-0.2, 0) is 6.42 Å². The van der Waals surface area contributed by atoms with Crippen molar-refractivity contribution < 1.29 is 4.79 Å². The smallest absolute Gasteiger partial charge is 0.280 e. The highest BCUT2D eigenvalue weighted by Gasteiger charge is 2.22. The van der Waals surface area contributed by atoms with E-state index in [0.29, 0.717) is 21.6 Å². The number of halogens is 1. The van der Waals surface area contributed by atoms with Crippen LogP contribution in [0.4, 0.5) is 0 Å². The average Bonchev–Trinajstić information content (AvgIpc) is 3.35. The fourth-order valence-corrected chi connectivity index (χ4v) is 4.81. The average molecular weight is 424 g/mol. The number of benzene rings is 1. The molecule has 0 saturated heterocycles. The number of amides is 1. The molecule has 29 heavy (non-hydrogen) atoms. The van der Waals surface area contributed by atoms with Gasteiger partial charge in [-0.15, -0.1) is 0 Å². The third-order valence-corrected chi connectivity index (χ3v) is 6.40. The van der Waals surface area contributed by atoms with Gasteiger partial charge in [0.15, 0.2) is 5.01 Å². The minimum Gasteiger partial charge on any atom is -0.348 e. The molecule has 1 atom stereocenters. The Balaban J connectivity index is 1.35. The fourth-order valence-electron chi connectivity index (χ4n) is 3.73. The first-order valence-electron chi connectivity index (χ1n) is 9.39. The van der Waals surface area contributed by atoms with Crippen molar-refractivity contribution in [3.63, 3.8) is 0 Å². The van der Waals surface area contributed by atoms with Crippen molar-refractivity contribution in [1.29, 1.82) is 0 Å². The number of rotatable bonds is 4. The van der Waals surface area contributed by atoms with Gasteiger partial charge in [-0.3, -0.25) is 4.79 Å². The zero-order valence-electron chi connectivity index (χ0n) is 15.4. The van der Waals surface area contributed by atoms with E-state index in [9.17, 15) is 4.79 Å². The molecule has 1 aromatic carbocycles. The molecule has 1 aliphatic heterocycles. The zero-order chi connectivity index (χ0) is 19.8. The molecule has 1 aliphatic rings. The lowest BCUT2D eigenvalue weighted by Crippen LogP contribution is -2.38. The first kappa shape index (κ1) is 18.3. The third-order valence-electron chi connectivity index (χ3n) is 5.14. The molecule has 6 nitrogen and oxygen atoms in total. The molecule has 8 heteroatoms. The molecule has 1 unspecified atom stereocenters. The lowest BCUT2D eigenvalue weighted by atomic mass is 9.94. The Morgan fingerprint density at radius 3 is 3.07 bits per heavy atom. The second-order valence-corrected chi connectivity index (χ2v) is 8.50. The molecule has 2 N–H and O–H groups in total. The summed E-state index contributed by atoms with van der Waals surface area (Å²) in [5, 5.41) is 11.1. The standard InChI is InChI=1S/C21H18ClN5OS/c22-19-18(15-11-25-27-10-4-3-7-17(15)27)26-21(29-19)20(28)24-12-16-14-6-2-1-5-13(14)8-9-23-16/h1-7,10-11,16,23H,8-9,12H2,(H,24,28). The summed E-state index contributed by atoms with van der Waals surface area (Å²) >= 11 is 7.61. The van der Waals surface area contributed by atoms with Gasteiger partial charge >= 0.3 is 0 Å². The molecular weight excluding hydrogens is 406 g/mol. The first-order chi connectivity index (χ1) is 14.2. The van der Waals surface area contributed by atoms with E-state index in [1.165, 1.54) is 22.5 Å². The van der Waals surface area contributed by atoms with Gasteiger partial charge in [0.25, 0.3) is 5.91 Å². The number of thiazole rings is 1. The Labute approximate surface area is 176 Å². The van der Waals surface area contributed by atoms with Gasteiger partial charge in [0.1, 0.15) is 10.0 Å². The van der Waals surface area contributed by atoms with Gasteiger partial charge < -0.3 is 10.6 Å². The van der Waals surface area contributed by atoms with Crippen LogP contribution in [0.2, 0.25) is 4.34 Å². The molecule has 146 valence electrons. The Kier molecular flexibility index (Phi) is 4.79.